The molecule has 0 bridgehead atoms. The van der Waals surface area contributed by atoms with Gasteiger partial charge in [-0.3, -0.25) is 14.5 Å². The molecular formula is C22H24N4O4. The Hall–Kier alpha value is -3.39. The average molecular weight is 408 g/mol. The minimum Gasteiger partial charge on any atom is -0.497 e. The molecule has 0 radical (unpaired) electrons. The van der Waals surface area contributed by atoms with Crippen molar-refractivity contribution in [2.24, 2.45) is 0 Å². The van der Waals surface area contributed by atoms with Crippen LogP contribution in [0, 0.1) is 6.92 Å². The van der Waals surface area contributed by atoms with Gasteiger partial charge >= 0.3 is 17.8 Å². The van der Waals surface area contributed by atoms with E-state index in [0.717, 1.165) is 39.9 Å². The number of nitrogens with zero attached hydrogens (tertiary/aromatic N) is 4. The van der Waals surface area contributed by atoms with E-state index in [2.05, 4.69) is 4.90 Å². The third-order valence-electron chi connectivity index (χ3n) is 5.50. The number of rotatable bonds is 5. The van der Waals surface area contributed by atoms with Crippen molar-refractivity contribution in [3.05, 3.63) is 54.1 Å². The van der Waals surface area contributed by atoms with Gasteiger partial charge in [-0.15, -0.1) is 0 Å². The molecule has 0 aliphatic carbocycles. The van der Waals surface area contributed by atoms with Crippen LogP contribution in [-0.2, 0) is 9.59 Å². The highest BCUT2D eigenvalue weighted by Gasteiger charge is 2.46. The summed E-state index contributed by atoms with van der Waals surface area (Å²) in [6.07, 6.45) is 0. The summed E-state index contributed by atoms with van der Waals surface area (Å²) in [7, 11) is 1.64. The Balaban J connectivity index is 1.38. The highest BCUT2D eigenvalue weighted by Crippen LogP contribution is 2.24. The van der Waals surface area contributed by atoms with Crippen LogP contribution in [0.5, 0.6) is 5.75 Å². The van der Waals surface area contributed by atoms with Gasteiger partial charge in [0.25, 0.3) is 0 Å². The van der Waals surface area contributed by atoms with Gasteiger partial charge in [0.15, 0.2) is 0 Å². The predicted octanol–water partition coefficient (Wildman–Crippen LogP) is 2.08. The Morgan fingerprint density at radius 2 is 1.40 bits per heavy atom. The van der Waals surface area contributed by atoms with Crippen LogP contribution >= 0.6 is 0 Å². The average Bonchev–Trinajstić information content (AvgIpc) is 2.98. The van der Waals surface area contributed by atoms with E-state index in [9.17, 15) is 14.4 Å². The van der Waals surface area contributed by atoms with Crippen LogP contribution in [0.2, 0.25) is 0 Å². The Bertz CT molecular complexity index is 950. The van der Waals surface area contributed by atoms with Crippen LogP contribution in [0.1, 0.15) is 5.56 Å². The second-order valence-electron chi connectivity index (χ2n) is 7.44. The molecular weight excluding hydrogens is 384 g/mol. The molecule has 0 unspecified atom stereocenters. The molecule has 2 aromatic carbocycles. The Kier molecular flexibility index (Phi) is 5.41. The first-order valence-corrected chi connectivity index (χ1v) is 9.86. The van der Waals surface area contributed by atoms with E-state index in [1.165, 1.54) is 0 Å². The van der Waals surface area contributed by atoms with E-state index >= 15 is 0 Å². The van der Waals surface area contributed by atoms with E-state index in [1.54, 1.807) is 31.4 Å². The molecule has 0 aromatic heterocycles. The number of hydrogen-bond acceptors (Lipinski definition) is 6. The molecule has 156 valence electrons. The zero-order valence-electron chi connectivity index (χ0n) is 17.1. The van der Waals surface area contributed by atoms with Gasteiger partial charge in [-0.05, 0) is 43.3 Å². The SMILES string of the molecule is COc1ccc(N2CCN(CN3C(=O)C(=O)N(c4ccc(C)cc4)C3=O)CC2)cc1. The summed E-state index contributed by atoms with van der Waals surface area (Å²) in [5, 5.41) is 0. The van der Waals surface area contributed by atoms with E-state index in [-0.39, 0.29) is 6.67 Å². The molecule has 8 heteroatoms. The summed E-state index contributed by atoms with van der Waals surface area (Å²) < 4.78 is 5.20. The smallest absolute Gasteiger partial charge is 0.340 e. The lowest BCUT2D eigenvalue weighted by Crippen LogP contribution is -2.51. The number of anilines is 2. The normalized spacial score (nSPS) is 17.8. The van der Waals surface area contributed by atoms with Crippen molar-refractivity contribution in [1.29, 1.82) is 0 Å². The standard InChI is InChI=1S/C22H24N4O4/c1-16-3-5-18(6-4-16)26-21(28)20(27)25(22(26)29)15-23-11-13-24(14-12-23)17-7-9-19(30-2)10-8-17/h3-10H,11-15H2,1-2H3. The maximum atomic E-state index is 12.8. The monoisotopic (exact) mass is 408 g/mol. The van der Waals surface area contributed by atoms with Gasteiger partial charge in [-0.2, -0.15) is 0 Å². The van der Waals surface area contributed by atoms with Crippen LogP contribution < -0.4 is 14.5 Å². The zero-order chi connectivity index (χ0) is 21.3. The van der Waals surface area contributed by atoms with Crippen LogP contribution in [0.25, 0.3) is 0 Å². The molecule has 0 N–H and O–H groups in total. The Labute approximate surface area is 175 Å². The molecule has 30 heavy (non-hydrogen) atoms. The zero-order valence-corrected chi connectivity index (χ0v) is 17.1. The fraction of sp³-hybridized carbons (Fsp3) is 0.318. The summed E-state index contributed by atoms with van der Waals surface area (Å²) >= 11 is 0. The van der Waals surface area contributed by atoms with E-state index in [1.807, 2.05) is 36.1 Å². The molecule has 0 spiro atoms. The van der Waals surface area contributed by atoms with E-state index in [4.69, 9.17) is 4.74 Å². The molecule has 2 saturated heterocycles. The molecule has 2 aliphatic rings. The third kappa shape index (κ3) is 3.73. The third-order valence-corrected chi connectivity index (χ3v) is 5.50. The van der Waals surface area contributed by atoms with Gasteiger partial charge in [-0.25, -0.2) is 14.6 Å². The maximum absolute atomic E-state index is 12.8. The first-order chi connectivity index (χ1) is 14.5. The van der Waals surface area contributed by atoms with Gasteiger partial charge in [0, 0.05) is 31.9 Å². The lowest BCUT2D eigenvalue weighted by Gasteiger charge is -2.37. The number of aryl methyl sites for hydroxylation is 1. The van der Waals surface area contributed by atoms with Crippen LogP contribution in [0.15, 0.2) is 48.5 Å². The van der Waals surface area contributed by atoms with Crippen molar-refractivity contribution in [3.63, 3.8) is 0 Å². The van der Waals surface area contributed by atoms with Crippen molar-refractivity contribution >= 4 is 29.2 Å². The second kappa shape index (κ2) is 8.16. The van der Waals surface area contributed by atoms with Crippen LogP contribution in [-0.4, -0.2) is 67.6 Å². The number of amides is 4. The van der Waals surface area contributed by atoms with Crippen LogP contribution in [0.4, 0.5) is 16.2 Å². The molecule has 8 nitrogen and oxygen atoms in total. The maximum Gasteiger partial charge on any atom is 0.340 e. The number of methoxy groups -OCH3 is 1. The van der Waals surface area contributed by atoms with Gasteiger partial charge in [-0.1, -0.05) is 17.7 Å². The van der Waals surface area contributed by atoms with Crippen molar-refractivity contribution in [2.75, 3.05) is 49.8 Å². The predicted molar refractivity (Wildman–Crippen MR) is 113 cm³/mol. The molecule has 2 aromatic rings. The minimum absolute atomic E-state index is 0.113. The molecule has 4 amide bonds. The number of ether oxygens (including phenoxy) is 1. The summed E-state index contributed by atoms with van der Waals surface area (Å²) in [4.78, 5) is 43.9. The number of carbonyl (C=O) groups excluding carboxylic acids is 3. The highest BCUT2D eigenvalue weighted by molar-refractivity contribution is 6.52. The first-order valence-electron chi connectivity index (χ1n) is 9.86. The number of hydrogen-bond donors (Lipinski definition) is 0. The van der Waals surface area contributed by atoms with Crippen molar-refractivity contribution in [3.8, 4) is 5.75 Å². The number of carbonyl (C=O) groups is 3. The number of urea groups is 1. The number of piperazine rings is 1. The van der Waals surface area contributed by atoms with Crippen molar-refractivity contribution in [1.82, 2.24) is 9.80 Å². The quantitative estimate of drug-likeness (QED) is 0.557. The second-order valence-corrected chi connectivity index (χ2v) is 7.44. The number of imide groups is 2. The van der Waals surface area contributed by atoms with E-state index in [0.29, 0.717) is 18.8 Å². The molecule has 2 fully saturated rings. The van der Waals surface area contributed by atoms with Gasteiger partial charge in [0.05, 0.1) is 19.5 Å². The summed E-state index contributed by atoms with van der Waals surface area (Å²) in [5.74, 6) is -0.773. The minimum atomic E-state index is -0.805. The first kappa shape index (κ1) is 19.9. The van der Waals surface area contributed by atoms with Gasteiger partial charge in [0.2, 0.25) is 0 Å². The molecule has 2 aliphatic heterocycles. The Morgan fingerprint density at radius 1 is 0.800 bits per heavy atom. The fourth-order valence-electron chi connectivity index (χ4n) is 3.69. The summed E-state index contributed by atoms with van der Waals surface area (Å²) in [6.45, 7) is 4.92. The van der Waals surface area contributed by atoms with E-state index < -0.39 is 17.8 Å². The van der Waals surface area contributed by atoms with Crippen molar-refractivity contribution in [2.45, 2.75) is 6.92 Å². The van der Waals surface area contributed by atoms with Crippen molar-refractivity contribution < 1.29 is 19.1 Å². The molecule has 4 rings (SSSR count). The fourth-order valence-corrected chi connectivity index (χ4v) is 3.69. The van der Waals surface area contributed by atoms with Gasteiger partial charge in [0.1, 0.15) is 5.75 Å². The lowest BCUT2D eigenvalue weighted by atomic mass is 10.2. The summed E-state index contributed by atoms with van der Waals surface area (Å²) in [5.41, 5.74) is 2.52. The topological polar surface area (TPSA) is 73.4 Å². The highest BCUT2D eigenvalue weighted by atomic mass is 16.5. The lowest BCUT2D eigenvalue weighted by molar-refractivity contribution is -0.140. The molecule has 0 saturated carbocycles. The largest absolute Gasteiger partial charge is 0.497 e. The molecule has 2 heterocycles. The Morgan fingerprint density at radius 3 is 2.00 bits per heavy atom. The number of benzene rings is 2. The summed E-state index contributed by atoms with van der Waals surface area (Å²) in [6, 6.07) is 14.3. The van der Waals surface area contributed by atoms with Gasteiger partial charge < -0.3 is 9.64 Å². The molecule has 0 atom stereocenters. The van der Waals surface area contributed by atoms with Crippen LogP contribution in [0.3, 0.4) is 0 Å².